The number of carbonyl (C=O) groups excluding carboxylic acids is 2. The first-order chi connectivity index (χ1) is 13.1. The maximum atomic E-state index is 13.9. The van der Waals surface area contributed by atoms with Crippen molar-refractivity contribution < 1.29 is 27.1 Å². The van der Waals surface area contributed by atoms with Gasteiger partial charge in [0.05, 0.1) is 25.5 Å². The number of ether oxygens (including phenoxy) is 1. The molecule has 0 spiro atoms. The second kappa shape index (κ2) is 8.94. The molecule has 0 atom stereocenters. The minimum atomic E-state index is -3.77. The van der Waals surface area contributed by atoms with Gasteiger partial charge in [0.15, 0.2) is 0 Å². The van der Waals surface area contributed by atoms with E-state index in [1.165, 1.54) is 31.4 Å². The van der Waals surface area contributed by atoms with E-state index in [9.17, 15) is 22.4 Å². The SMILES string of the molecule is COC(=O)c1ccc(C)c(NC(=O)CN(Cc2ccccc2F)S(C)(=O)=O)c1. The fourth-order valence-corrected chi connectivity index (χ4v) is 3.18. The predicted molar refractivity (Wildman–Crippen MR) is 103 cm³/mol. The predicted octanol–water partition coefficient (Wildman–Crippen LogP) is 2.32. The second-order valence-corrected chi connectivity index (χ2v) is 8.17. The first-order valence-electron chi connectivity index (χ1n) is 8.29. The molecule has 1 N–H and O–H groups in total. The number of carbonyl (C=O) groups is 2. The molecule has 0 radical (unpaired) electrons. The minimum Gasteiger partial charge on any atom is -0.465 e. The smallest absolute Gasteiger partial charge is 0.337 e. The number of hydrogen-bond donors (Lipinski definition) is 1. The summed E-state index contributed by atoms with van der Waals surface area (Å²) < 4.78 is 43.5. The van der Waals surface area contributed by atoms with Crippen LogP contribution in [-0.2, 0) is 26.1 Å². The first kappa shape index (κ1) is 21.5. The van der Waals surface area contributed by atoms with Crippen LogP contribution < -0.4 is 5.32 Å². The van der Waals surface area contributed by atoms with Crippen LogP contribution in [0.25, 0.3) is 0 Å². The monoisotopic (exact) mass is 408 g/mol. The number of halogens is 1. The van der Waals surface area contributed by atoms with Crippen molar-refractivity contribution in [2.75, 3.05) is 25.2 Å². The summed E-state index contributed by atoms with van der Waals surface area (Å²) >= 11 is 0. The van der Waals surface area contributed by atoms with E-state index in [0.717, 1.165) is 10.6 Å². The number of esters is 1. The standard InChI is InChI=1S/C19H21FN2O5S/c1-13-8-9-14(19(24)27-2)10-17(13)21-18(23)12-22(28(3,25)26)11-15-6-4-5-7-16(15)20/h4-10H,11-12H2,1-3H3,(H,21,23). The van der Waals surface area contributed by atoms with E-state index in [1.54, 1.807) is 25.1 Å². The normalized spacial score (nSPS) is 11.3. The van der Waals surface area contributed by atoms with Crippen LogP contribution in [0.4, 0.5) is 10.1 Å². The molecule has 2 aromatic carbocycles. The van der Waals surface area contributed by atoms with Crippen LogP contribution in [0.15, 0.2) is 42.5 Å². The number of amides is 1. The van der Waals surface area contributed by atoms with Gasteiger partial charge in [-0.1, -0.05) is 24.3 Å². The van der Waals surface area contributed by atoms with Gasteiger partial charge in [-0.2, -0.15) is 4.31 Å². The minimum absolute atomic E-state index is 0.157. The van der Waals surface area contributed by atoms with E-state index >= 15 is 0 Å². The zero-order valence-electron chi connectivity index (χ0n) is 15.7. The van der Waals surface area contributed by atoms with Crippen molar-refractivity contribution in [1.29, 1.82) is 0 Å². The fourth-order valence-electron chi connectivity index (χ4n) is 2.46. The molecule has 0 bridgehead atoms. The molecule has 150 valence electrons. The zero-order chi connectivity index (χ0) is 20.9. The van der Waals surface area contributed by atoms with Gasteiger partial charge in [0, 0.05) is 17.8 Å². The maximum absolute atomic E-state index is 13.9. The fraction of sp³-hybridized carbons (Fsp3) is 0.263. The molecule has 0 unspecified atom stereocenters. The van der Waals surface area contributed by atoms with E-state index in [0.29, 0.717) is 11.3 Å². The highest BCUT2D eigenvalue weighted by Gasteiger charge is 2.22. The molecule has 7 nitrogen and oxygen atoms in total. The van der Waals surface area contributed by atoms with Gasteiger partial charge in [0.25, 0.3) is 0 Å². The topological polar surface area (TPSA) is 92.8 Å². The molecule has 0 fully saturated rings. The number of rotatable bonds is 7. The van der Waals surface area contributed by atoms with Crippen LogP contribution in [0.3, 0.4) is 0 Å². The molecule has 0 aliphatic heterocycles. The highest BCUT2D eigenvalue weighted by atomic mass is 32.2. The molecular formula is C19H21FN2O5S. The molecule has 0 aliphatic rings. The van der Waals surface area contributed by atoms with Gasteiger partial charge in [-0.05, 0) is 30.7 Å². The lowest BCUT2D eigenvalue weighted by atomic mass is 10.1. The molecule has 0 saturated carbocycles. The van der Waals surface area contributed by atoms with Crippen molar-refractivity contribution in [3.05, 3.63) is 65.0 Å². The number of benzene rings is 2. The van der Waals surface area contributed by atoms with Crippen molar-refractivity contribution in [1.82, 2.24) is 4.31 Å². The summed E-state index contributed by atoms with van der Waals surface area (Å²) in [6.07, 6.45) is 0.949. The van der Waals surface area contributed by atoms with Crippen LogP contribution in [0.2, 0.25) is 0 Å². The second-order valence-electron chi connectivity index (χ2n) is 6.19. The molecule has 2 rings (SSSR count). The maximum Gasteiger partial charge on any atom is 0.337 e. The Balaban J connectivity index is 2.19. The number of anilines is 1. The Labute approximate surface area is 163 Å². The summed E-state index contributed by atoms with van der Waals surface area (Å²) in [5.74, 6) is -1.74. The van der Waals surface area contributed by atoms with Gasteiger partial charge >= 0.3 is 5.97 Å². The van der Waals surface area contributed by atoms with Crippen LogP contribution in [-0.4, -0.2) is 44.5 Å². The molecular weight excluding hydrogens is 387 g/mol. The summed E-state index contributed by atoms with van der Waals surface area (Å²) in [7, 11) is -2.53. The Morgan fingerprint density at radius 2 is 1.86 bits per heavy atom. The van der Waals surface area contributed by atoms with Crippen LogP contribution in [0.5, 0.6) is 0 Å². The Bertz CT molecular complexity index is 992. The third-order valence-corrected chi connectivity index (χ3v) is 5.22. The summed E-state index contributed by atoms with van der Waals surface area (Å²) in [6.45, 7) is 0.944. The summed E-state index contributed by atoms with van der Waals surface area (Å²) in [5.41, 5.74) is 1.44. The lowest BCUT2D eigenvalue weighted by molar-refractivity contribution is -0.116. The number of hydrogen-bond acceptors (Lipinski definition) is 5. The van der Waals surface area contributed by atoms with E-state index in [4.69, 9.17) is 0 Å². The molecule has 0 aliphatic carbocycles. The van der Waals surface area contributed by atoms with Gasteiger partial charge in [0.1, 0.15) is 5.82 Å². The Morgan fingerprint density at radius 3 is 2.46 bits per heavy atom. The van der Waals surface area contributed by atoms with Gasteiger partial charge in [-0.3, -0.25) is 4.79 Å². The van der Waals surface area contributed by atoms with E-state index in [2.05, 4.69) is 10.1 Å². The molecule has 0 saturated heterocycles. The highest BCUT2D eigenvalue weighted by Crippen LogP contribution is 2.18. The van der Waals surface area contributed by atoms with Crippen molar-refractivity contribution in [3.63, 3.8) is 0 Å². The zero-order valence-corrected chi connectivity index (χ0v) is 16.5. The summed E-state index contributed by atoms with van der Waals surface area (Å²) in [6, 6.07) is 10.4. The van der Waals surface area contributed by atoms with Crippen LogP contribution >= 0.6 is 0 Å². The number of sulfonamides is 1. The Morgan fingerprint density at radius 1 is 1.18 bits per heavy atom. The van der Waals surface area contributed by atoms with E-state index < -0.39 is 34.3 Å². The molecule has 28 heavy (non-hydrogen) atoms. The van der Waals surface area contributed by atoms with Gasteiger partial charge in [-0.25, -0.2) is 17.6 Å². The van der Waals surface area contributed by atoms with Crippen LogP contribution in [0, 0.1) is 12.7 Å². The lowest BCUT2D eigenvalue weighted by Crippen LogP contribution is -2.37. The molecule has 2 aromatic rings. The number of nitrogens with zero attached hydrogens (tertiary/aromatic N) is 1. The van der Waals surface area contributed by atoms with Crippen molar-refractivity contribution in [2.24, 2.45) is 0 Å². The largest absolute Gasteiger partial charge is 0.465 e. The van der Waals surface area contributed by atoms with Crippen LogP contribution in [0.1, 0.15) is 21.5 Å². The lowest BCUT2D eigenvalue weighted by Gasteiger charge is -2.20. The third kappa shape index (κ3) is 5.61. The molecule has 9 heteroatoms. The molecule has 1 amide bonds. The quantitative estimate of drug-likeness (QED) is 0.710. The number of nitrogens with one attached hydrogen (secondary N) is 1. The van der Waals surface area contributed by atoms with Crippen molar-refractivity contribution in [3.8, 4) is 0 Å². The summed E-state index contributed by atoms with van der Waals surface area (Å²) in [4.78, 5) is 24.1. The molecule has 0 heterocycles. The average molecular weight is 408 g/mol. The molecule has 0 aromatic heterocycles. The van der Waals surface area contributed by atoms with Gasteiger partial charge in [0.2, 0.25) is 15.9 Å². The Kier molecular flexibility index (Phi) is 6.87. The van der Waals surface area contributed by atoms with E-state index in [1.807, 2.05) is 0 Å². The average Bonchev–Trinajstić information content (AvgIpc) is 2.63. The summed E-state index contributed by atoms with van der Waals surface area (Å²) in [5, 5.41) is 2.59. The van der Waals surface area contributed by atoms with Gasteiger partial charge in [-0.15, -0.1) is 0 Å². The number of methoxy groups -OCH3 is 1. The van der Waals surface area contributed by atoms with Gasteiger partial charge < -0.3 is 10.1 Å². The highest BCUT2D eigenvalue weighted by molar-refractivity contribution is 7.88. The first-order valence-corrected chi connectivity index (χ1v) is 10.1. The van der Waals surface area contributed by atoms with Crippen molar-refractivity contribution >= 4 is 27.6 Å². The third-order valence-electron chi connectivity index (χ3n) is 4.03. The van der Waals surface area contributed by atoms with E-state index in [-0.39, 0.29) is 17.7 Å². The Hall–Kier alpha value is -2.78. The number of aryl methyl sites for hydroxylation is 1. The van der Waals surface area contributed by atoms with Crippen molar-refractivity contribution in [2.45, 2.75) is 13.5 Å².